The molecule has 0 saturated heterocycles. The van der Waals surface area contributed by atoms with Gasteiger partial charge in [0.05, 0.1) is 0 Å². The molecular weight excluding hydrogens is 336 g/mol. The molecule has 0 fully saturated rings. The molecule has 0 bridgehead atoms. The summed E-state index contributed by atoms with van der Waals surface area (Å²) >= 11 is 3.34. The van der Waals surface area contributed by atoms with Crippen molar-refractivity contribution in [1.82, 2.24) is 4.57 Å². The van der Waals surface area contributed by atoms with Crippen molar-refractivity contribution in [3.63, 3.8) is 0 Å². The lowest BCUT2D eigenvalue weighted by molar-refractivity contribution is -0.135. The van der Waals surface area contributed by atoms with E-state index < -0.39 is 5.97 Å². The summed E-state index contributed by atoms with van der Waals surface area (Å²) in [6.45, 7) is 2.17. The normalized spacial score (nSPS) is 10.4. The SMILES string of the molecule is CCn1cc(Br)cc1C(=O)N(CC(=O)O)c1ccccc1. The number of hydrogen-bond donors (Lipinski definition) is 1. The van der Waals surface area contributed by atoms with Gasteiger partial charge in [0.2, 0.25) is 0 Å². The molecule has 1 N–H and O–H groups in total. The molecular formula is C15H15BrN2O3. The van der Waals surface area contributed by atoms with Crippen LogP contribution in [0.25, 0.3) is 0 Å². The third kappa shape index (κ3) is 3.52. The van der Waals surface area contributed by atoms with E-state index >= 15 is 0 Å². The van der Waals surface area contributed by atoms with Crippen molar-refractivity contribution in [3.8, 4) is 0 Å². The van der Waals surface area contributed by atoms with Crippen LogP contribution in [0.4, 0.5) is 5.69 Å². The van der Waals surface area contributed by atoms with Gasteiger partial charge in [-0.1, -0.05) is 18.2 Å². The monoisotopic (exact) mass is 350 g/mol. The maximum atomic E-state index is 12.7. The number of rotatable bonds is 5. The number of aromatic nitrogens is 1. The van der Waals surface area contributed by atoms with E-state index in [1.807, 2.05) is 13.0 Å². The molecule has 0 aliphatic rings. The molecule has 0 saturated carbocycles. The number of amides is 1. The summed E-state index contributed by atoms with van der Waals surface area (Å²) in [4.78, 5) is 25.0. The van der Waals surface area contributed by atoms with Crippen molar-refractivity contribution in [2.24, 2.45) is 0 Å². The minimum Gasteiger partial charge on any atom is -0.480 e. The number of para-hydroxylation sites is 1. The Bertz CT molecular complexity index is 652. The first-order valence-electron chi connectivity index (χ1n) is 6.47. The average Bonchev–Trinajstić information content (AvgIpc) is 2.86. The van der Waals surface area contributed by atoms with Gasteiger partial charge in [0.1, 0.15) is 12.2 Å². The van der Waals surface area contributed by atoms with E-state index in [1.165, 1.54) is 4.90 Å². The third-order valence-electron chi connectivity index (χ3n) is 3.03. The summed E-state index contributed by atoms with van der Waals surface area (Å²) in [6.07, 6.45) is 1.80. The summed E-state index contributed by atoms with van der Waals surface area (Å²) in [5.41, 5.74) is 1.01. The second-order valence-electron chi connectivity index (χ2n) is 4.45. The number of carbonyl (C=O) groups is 2. The van der Waals surface area contributed by atoms with E-state index in [0.29, 0.717) is 17.9 Å². The van der Waals surface area contributed by atoms with Gasteiger partial charge >= 0.3 is 5.97 Å². The number of halogens is 1. The lowest BCUT2D eigenvalue weighted by Crippen LogP contribution is -2.36. The van der Waals surface area contributed by atoms with Crippen molar-refractivity contribution >= 4 is 33.5 Å². The van der Waals surface area contributed by atoms with Crippen molar-refractivity contribution in [2.45, 2.75) is 13.5 Å². The highest BCUT2D eigenvalue weighted by molar-refractivity contribution is 9.10. The Kier molecular flexibility index (Phi) is 4.80. The maximum absolute atomic E-state index is 12.7. The lowest BCUT2D eigenvalue weighted by Gasteiger charge is -2.21. The van der Waals surface area contributed by atoms with Crippen LogP contribution in [0.15, 0.2) is 47.1 Å². The zero-order valence-corrected chi connectivity index (χ0v) is 13.1. The van der Waals surface area contributed by atoms with Crippen LogP contribution in [0.5, 0.6) is 0 Å². The van der Waals surface area contributed by atoms with Crippen molar-refractivity contribution in [2.75, 3.05) is 11.4 Å². The first-order chi connectivity index (χ1) is 10.0. The smallest absolute Gasteiger partial charge is 0.323 e. The average molecular weight is 351 g/mol. The Morgan fingerprint density at radius 1 is 1.29 bits per heavy atom. The quantitative estimate of drug-likeness (QED) is 0.901. The Morgan fingerprint density at radius 2 is 1.95 bits per heavy atom. The molecule has 1 aromatic heterocycles. The zero-order valence-electron chi connectivity index (χ0n) is 11.5. The van der Waals surface area contributed by atoms with E-state index in [2.05, 4.69) is 15.9 Å². The topological polar surface area (TPSA) is 62.5 Å². The van der Waals surface area contributed by atoms with Gasteiger partial charge < -0.3 is 9.67 Å². The molecule has 1 aromatic carbocycles. The molecule has 0 spiro atoms. The second-order valence-corrected chi connectivity index (χ2v) is 5.37. The molecule has 5 nitrogen and oxygen atoms in total. The van der Waals surface area contributed by atoms with Crippen molar-refractivity contribution in [1.29, 1.82) is 0 Å². The maximum Gasteiger partial charge on any atom is 0.323 e. The van der Waals surface area contributed by atoms with E-state index in [1.54, 1.807) is 41.1 Å². The first-order valence-corrected chi connectivity index (χ1v) is 7.26. The predicted molar refractivity (Wildman–Crippen MR) is 83.6 cm³/mol. The minimum absolute atomic E-state index is 0.337. The number of anilines is 1. The number of benzene rings is 1. The van der Waals surface area contributed by atoms with E-state index in [9.17, 15) is 9.59 Å². The van der Waals surface area contributed by atoms with Crippen LogP contribution < -0.4 is 4.90 Å². The molecule has 0 unspecified atom stereocenters. The molecule has 2 aromatic rings. The fourth-order valence-electron chi connectivity index (χ4n) is 2.08. The fourth-order valence-corrected chi connectivity index (χ4v) is 2.54. The summed E-state index contributed by atoms with van der Waals surface area (Å²) in [5, 5.41) is 9.06. The molecule has 6 heteroatoms. The largest absolute Gasteiger partial charge is 0.480 e. The molecule has 21 heavy (non-hydrogen) atoms. The number of carboxylic acid groups (broad SMARTS) is 1. The molecule has 0 radical (unpaired) electrons. The van der Waals surface area contributed by atoms with Crippen LogP contribution in [0.1, 0.15) is 17.4 Å². The molecule has 110 valence electrons. The third-order valence-corrected chi connectivity index (χ3v) is 3.46. The Morgan fingerprint density at radius 3 is 2.52 bits per heavy atom. The highest BCUT2D eigenvalue weighted by Crippen LogP contribution is 2.20. The van der Waals surface area contributed by atoms with Crippen LogP contribution in [-0.4, -0.2) is 28.1 Å². The molecule has 0 aliphatic heterocycles. The van der Waals surface area contributed by atoms with E-state index in [-0.39, 0.29) is 12.5 Å². The molecule has 0 aliphatic carbocycles. The van der Waals surface area contributed by atoms with Gasteiger partial charge in [0, 0.05) is 22.9 Å². The van der Waals surface area contributed by atoms with Crippen LogP contribution in [0, 0.1) is 0 Å². The van der Waals surface area contributed by atoms with Gasteiger partial charge in [-0.2, -0.15) is 0 Å². The zero-order chi connectivity index (χ0) is 15.4. The predicted octanol–water partition coefficient (Wildman–Crippen LogP) is 3.00. The standard InChI is InChI=1S/C15H15BrN2O3/c1-2-17-9-11(16)8-13(17)15(21)18(10-14(19)20)12-6-4-3-5-7-12/h3-9H,2,10H2,1H3,(H,19,20). The van der Waals surface area contributed by atoms with Gasteiger partial charge in [-0.3, -0.25) is 14.5 Å². The minimum atomic E-state index is -1.05. The van der Waals surface area contributed by atoms with Gasteiger partial charge in [-0.25, -0.2) is 0 Å². The molecule has 0 atom stereocenters. The molecule has 1 heterocycles. The first kappa shape index (κ1) is 15.3. The van der Waals surface area contributed by atoms with Gasteiger partial charge in [0.25, 0.3) is 5.91 Å². The number of aliphatic carboxylic acids is 1. The van der Waals surface area contributed by atoms with E-state index in [0.717, 1.165) is 4.47 Å². The number of aryl methyl sites for hydroxylation is 1. The number of carbonyl (C=O) groups excluding carboxylic acids is 1. The number of carboxylic acids is 1. The van der Waals surface area contributed by atoms with Crippen molar-refractivity contribution in [3.05, 3.63) is 52.8 Å². The Hall–Kier alpha value is -2.08. The summed E-state index contributed by atoms with van der Waals surface area (Å²) < 4.78 is 2.57. The summed E-state index contributed by atoms with van der Waals surface area (Å²) in [6, 6.07) is 10.5. The van der Waals surface area contributed by atoms with Crippen LogP contribution in [-0.2, 0) is 11.3 Å². The fraction of sp³-hybridized carbons (Fsp3) is 0.200. The second kappa shape index (κ2) is 6.58. The van der Waals surface area contributed by atoms with Crippen LogP contribution in [0.2, 0.25) is 0 Å². The van der Waals surface area contributed by atoms with E-state index in [4.69, 9.17) is 5.11 Å². The van der Waals surface area contributed by atoms with Gasteiger partial charge in [0.15, 0.2) is 0 Å². The Balaban J connectivity index is 2.41. The van der Waals surface area contributed by atoms with Gasteiger partial charge in [-0.05, 0) is 41.1 Å². The molecule has 1 amide bonds. The number of nitrogens with zero attached hydrogens (tertiary/aromatic N) is 2. The lowest BCUT2D eigenvalue weighted by atomic mass is 10.2. The highest BCUT2D eigenvalue weighted by atomic mass is 79.9. The van der Waals surface area contributed by atoms with Crippen LogP contribution in [0.3, 0.4) is 0 Å². The Labute approximate surface area is 130 Å². The van der Waals surface area contributed by atoms with Crippen LogP contribution >= 0.6 is 15.9 Å². The summed E-state index contributed by atoms with van der Waals surface area (Å²) in [5.74, 6) is -1.39. The summed E-state index contributed by atoms with van der Waals surface area (Å²) in [7, 11) is 0. The van der Waals surface area contributed by atoms with Crippen molar-refractivity contribution < 1.29 is 14.7 Å². The number of hydrogen-bond acceptors (Lipinski definition) is 2. The van der Waals surface area contributed by atoms with Gasteiger partial charge in [-0.15, -0.1) is 0 Å². The highest BCUT2D eigenvalue weighted by Gasteiger charge is 2.23. The molecule has 2 rings (SSSR count).